The minimum atomic E-state index is -4.06. The Balaban J connectivity index is 1.97. The molecule has 0 atom stereocenters. The van der Waals surface area contributed by atoms with E-state index < -0.39 is 27.6 Å². The predicted octanol–water partition coefficient (Wildman–Crippen LogP) is 5.74. The molecule has 0 unspecified atom stereocenters. The van der Waals surface area contributed by atoms with E-state index in [0.29, 0.717) is 17.8 Å². The number of sulfonamides is 1. The molecule has 0 aliphatic carbocycles. The number of carbonyl (C=O) groups excluding carboxylic acids is 1. The molecule has 5 nitrogen and oxygen atoms in total. The van der Waals surface area contributed by atoms with Crippen LogP contribution in [-0.2, 0) is 10.0 Å². The maximum absolute atomic E-state index is 13.5. The Kier molecular flexibility index (Phi) is 6.83. The van der Waals surface area contributed by atoms with E-state index in [0.717, 1.165) is 0 Å². The maximum atomic E-state index is 13.5. The Bertz CT molecular complexity index is 1240. The minimum absolute atomic E-state index is 0.0433. The average Bonchev–Trinajstić information content (AvgIpc) is 2.73. The van der Waals surface area contributed by atoms with Gasteiger partial charge in [-0.3, -0.25) is 9.10 Å². The molecule has 3 aromatic carbocycles. The molecule has 0 fully saturated rings. The lowest BCUT2D eigenvalue weighted by molar-refractivity contribution is 0.102. The highest BCUT2D eigenvalue weighted by Crippen LogP contribution is 2.31. The fraction of sp³-hybridized carbons (Fsp3) is 0.0952. The molecule has 0 heterocycles. The molecule has 0 saturated heterocycles. The van der Waals surface area contributed by atoms with Gasteiger partial charge < -0.3 is 5.32 Å². The van der Waals surface area contributed by atoms with Crippen LogP contribution in [0, 0.1) is 11.6 Å². The monoisotopic (exact) mass is 484 g/mol. The lowest BCUT2D eigenvalue weighted by Crippen LogP contribution is -2.31. The van der Waals surface area contributed by atoms with Gasteiger partial charge in [-0.1, -0.05) is 41.4 Å². The summed E-state index contributed by atoms with van der Waals surface area (Å²) in [5.41, 5.74) is 0.223. The van der Waals surface area contributed by atoms with Crippen molar-refractivity contribution in [2.75, 3.05) is 16.2 Å². The quantitative estimate of drug-likeness (QED) is 0.453. The van der Waals surface area contributed by atoms with Crippen molar-refractivity contribution >= 4 is 50.5 Å². The molecule has 0 radical (unpaired) electrons. The van der Waals surface area contributed by atoms with Crippen LogP contribution < -0.4 is 9.62 Å². The van der Waals surface area contributed by atoms with E-state index in [1.807, 2.05) is 0 Å². The molecule has 162 valence electrons. The first-order valence-electron chi connectivity index (χ1n) is 8.98. The van der Waals surface area contributed by atoms with Crippen molar-refractivity contribution in [3.8, 4) is 0 Å². The third-order valence-corrected chi connectivity index (χ3v) is 7.04. The summed E-state index contributed by atoms with van der Waals surface area (Å²) in [6, 6.07) is 13.7. The molecule has 0 aromatic heterocycles. The van der Waals surface area contributed by atoms with Crippen LogP contribution in [0.2, 0.25) is 10.0 Å². The van der Waals surface area contributed by atoms with Crippen LogP contribution >= 0.6 is 23.2 Å². The highest BCUT2D eigenvalue weighted by atomic mass is 35.5. The van der Waals surface area contributed by atoms with Gasteiger partial charge in [0.25, 0.3) is 15.9 Å². The van der Waals surface area contributed by atoms with Crippen LogP contribution in [0.1, 0.15) is 17.3 Å². The fourth-order valence-electron chi connectivity index (χ4n) is 2.88. The fourth-order valence-corrected chi connectivity index (χ4v) is 5.09. The highest BCUT2D eigenvalue weighted by Gasteiger charge is 2.27. The first-order valence-corrected chi connectivity index (χ1v) is 11.2. The first kappa shape index (κ1) is 23.0. The van der Waals surface area contributed by atoms with Gasteiger partial charge in [0.2, 0.25) is 0 Å². The standard InChI is InChI=1S/C21H16Cl2F2N2O3S/c1-2-27(14-6-4-3-5-7-14)31(29,30)20-10-13(8-9-16(20)22)26-21(28)15-11-18(24)19(25)12-17(15)23/h3-12H,2H2,1H3,(H,26,28). The van der Waals surface area contributed by atoms with Gasteiger partial charge in [-0.05, 0) is 49.4 Å². The van der Waals surface area contributed by atoms with Gasteiger partial charge in [-0.2, -0.15) is 0 Å². The van der Waals surface area contributed by atoms with Gasteiger partial charge in [-0.25, -0.2) is 17.2 Å². The highest BCUT2D eigenvalue weighted by molar-refractivity contribution is 7.93. The Morgan fingerprint density at radius 3 is 2.26 bits per heavy atom. The second kappa shape index (κ2) is 9.21. The number of amides is 1. The number of anilines is 2. The molecule has 10 heteroatoms. The molecule has 31 heavy (non-hydrogen) atoms. The van der Waals surface area contributed by atoms with Crippen molar-refractivity contribution in [2.24, 2.45) is 0 Å². The van der Waals surface area contributed by atoms with E-state index in [-0.39, 0.29) is 32.7 Å². The van der Waals surface area contributed by atoms with Crippen LogP contribution in [-0.4, -0.2) is 20.9 Å². The molecule has 0 bridgehead atoms. The summed E-state index contributed by atoms with van der Waals surface area (Å²) in [5, 5.41) is 2.09. The molecular formula is C21H16Cl2F2N2O3S. The van der Waals surface area contributed by atoms with Crippen LogP contribution in [0.15, 0.2) is 65.6 Å². The predicted molar refractivity (Wildman–Crippen MR) is 117 cm³/mol. The van der Waals surface area contributed by atoms with Gasteiger partial charge >= 0.3 is 0 Å². The van der Waals surface area contributed by atoms with Gasteiger partial charge in [0.15, 0.2) is 11.6 Å². The number of carbonyl (C=O) groups is 1. The zero-order valence-electron chi connectivity index (χ0n) is 16.1. The summed E-state index contributed by atoms with van der Waals surface area (Å²) in [7, 11) is -4.06. The number of para-hydroxylation sites is 1. The number of rotatable bonds is 6. The summed E-state index contributed by atoms with van der Waals surface area (Å²) < 4.78 is 54.4. The van der Waals surface area contributed by atoms with E-state index in [4.69, 9.17) is 23.2 Å². The van der Waals surface area contributed by atoms with Gasteiger partial charge in [0, 0.05) is 12.2 Å². The second-order valence-corrected chi connectivity index (χ2v) is 9.00. The smallest absolute Gasteiger partial charge is 0.265 e. The maximum Gasteiger partial charge on any atom is 0.265 e. The third kappa shape index (κ3) is 4.81. The summed E-state index contributed by atoms with van der Waals surface area (Å²) in [6.45, 7) is 1.82. The lowest BCUT2D eigenvalue weighted by Gasteiger charge is -2.23. The lowest BCUT2D eigenvalue weighted by atomic mass is 10.2. The Morgan fingerprint density at radius 1 is 0.968 bits per heavy atom. The summed E-state index contributed by atoms with van der Waals surface area (Å²) in [6.07, 6.45) is 0. The van der Waals surface area contributed by atoms with Crippen molar-refractivity contribution in [3.05, 3.63) is 87.9 Å². The molecule has 1 amide bonds. The summed E-state index contributed by atoms with van der Waals surface area (Å²) >= 11 is 12.0. The van der Waals surface area contributed by atoms with E-state index in [1.54, 1.807) is 37.3 Å². The molecule has 0 spiro atoms. The van der Waals surface area contributed by atoms with Crippen molar-refractivity contribution < 1.29 is 22.0 Å². The van der Waals surface area contributed by atoms with Crippen molar-refractivity contribution in [1.29, 1.82) is 0 Å². The number of hydrogen-bond donors (Lipinski definition) is 1. The molecule has 3 aromatic rings. The number of nitrogens with one attached hydrogen (secondary N) is 1. The molecule has 0 aliphatic heterocycles. The zero-order valence-corrected chi connectivity index (χ0v) is 18.4. The number of halogens is 4. The summed E-state index contributed by atoms with van der Waals surface area (Å²) in [5.74, 6) is -3.28. The number of hydrogen-bond acceptors (Lipinski definition) is 3. The van der Waals surface area contributed by atoms with E-state index in [9.17, 15) is 22.0 Å². The third-order valence-electron chi connectivity index (χ3n) is 4.34. The minimum Gasteiger partial charge on any atom is -0.322 e. The summed E-state index contributed by atoms with van der Waals surface area (Å²) in [4.78, 5) is 12.3. The Labute approximate surface area is 188 Å². The average molecular weight is 485 g/mol. The number of nitrogens with zero attached hydrogens (tertiary/aromatic N) is 1. The van der Waals surface area contributed by atoms with Crippen LogP contribution in [0.3, 0.4) is 0 Å². The first-order chi connectivity index (χ1) is 14.6. The second-order valence-electron chi connectivity index (χ2n) is 6.35. The molecule has 1 N–H and O–H groups in total. The molecule has 3 rings (SSSR count). The molecular weight excluding hydrogens is 469 g/mol. The van der Waals surface area contributed by atoms with Crippen LogP contribution in [0.4, 0.5) is 20.2 Å². The van der Waals surface area contributed by atoms with Crippen molar-refractivity contribution in [2.45, 2.75) is 11.8 Å². The number of benzene rings is 3. The SMILES string of the molecule is CCN(c1ccccc1)S(=O)(=O)c1cc(NC(=O)c2cc(F)c(F)cc2Cl)ccc1Cl. The molecule has 0 aliphatic rings. The van der Waals surface area contributed by atoms with Crippen LogP contribution in [0.5, 0.6) is 0 Å². The van der Waals surface area contributed by atoms with E-state index in [1.165, 1.54) is 22.5 Å². The van der Waals surface area contributed by atoms with Gasteiger partial charge in [0.05, 0.1) is 21.3 Å². The van der Waals surface area contributed by atoms with Gasteiger partial charge in [-0.15, -0.1) is 0 Å². The van der Waals surface area contributed by atoms with Crippen molar-refractivity contribution in [1.82, 2.24) is 0 Å². The largest absolute Gasteiger partial charge is 0.322 e. The Morgan fingerprint density at radius 2 is 1.61 bits per heavy atom. The van der Waals surface area contributed by atoms with E-state index in [2.05, 4.69) is 5.32 Å². The topological polar surface area (TPSA) is 66.5 Å². The zero-order chi connectivity index (χ0) is 22.8. The normalized spacial score (nSPS) is 11.3. The molecule has 0 saturated carbocycles. The van der Waals surface area contributed by atoms with Gasteiger partial charge in [0.1, 0.15) is 4.90 Å². The van der Waals surface area contributed by atoms with E-state index >= 15 is 0 Å². The van der Waals surface area contributed by atoms with Crippen LogP contribution in [0.25, 0.3) is 0 Å². The Hall–Kier alpha value is -2.68. The van der Waals surface area contributed by atoms with Crippen molar-refractivity contribution in [3.63, 3.8) is 0 Å².